The summed E-state index contributed by atoms with van der Waals surface area (Å²) in [6.07, 6.45) is 1.95. The summed E-state index contributed by atoms with van der Waals surface area (Å²) >= 11 is 3.32. The number of carbonyl (C=O) groups excluding carboxylic acids is 1. The van der Waals surface area contributed by atoms with Crippen LogP contribution in [-0.2, 0) is 0 Å². The molecule has 1 rings (SSSR count). The molecule has 0 bridgehead atoms. The summed E-state index contributed by atoms with van der Waals surface area (Å²) < 4.78 is 13.4. The Bertz CT molecular complexity index is 373. The molecule has 2 nitrogen and oxygen atoms in total. The largest absolute Gasteiger partial charge is 0.352 e. The average Bonchev–Trinajstić information content (AvgIpc) is 2.29. The maximum Gasteiger partial charge on any atom is 0.252 e. The lowest BCUT2D eigenvalue weighted by Crippen LogP contribution is -2.24. The third kappa shape index (κ3) is 3.79. The van der Waals surface area contributed by atoms with Gasteiger partial charge in [-0.15, -0.1) is 0 Å². The van der Waals surface area contributed by atoms with Gasteiger partial charge < -0.3 is 5.32 Å². The van der Waals surface area contributed by atoms with Gasteiger partial charge in [-0.25, -0.2) is 0 Å². The van der Waals surface area contributed by atoms with Crippen molar-refractivity contribution in [2.45, 2.75) is 24.7 Å². The summed E-state index contributed by atoms with van der Waals surface area (Å²) in [6, 6.07) is 4.95. The van der Waals surface area contributed by atoms with E-state index in [0.29, 0.717) is 17.0 Å². The molecule has 0 heterocycles. The van der Waals surface area contributed by atoms with E-state index in [1.54, 1.807) is 18.2 Å². The first-order chi connectivity index (χ1) is 7.69. The minimum Gasteiger partial charge on any atom is -0.352 e. The minimum absolute atomic E-state index is 0.0863. The Morgan fingerprint density at radius 3 is 2.94 bits per heavy atom. The highest BCUT2D eigenvalue weighted by atomic mass is 79.9. The molecule has 0 radical (unpaired) electrons. The average molecular weight is 306 g/mol. The normalized spacial score (nSPS) is 10.2. The fourth-order valence-electron chi connectivity index (χ4n) is 1.22. The molecule has 1 N–H and O–H groups in total. The molecular weight excluding hydrogens is 293 g/mol. The van der Waals surface area contributed by atoms with E-state index < -0.39 is 0 Å². The third-order valence-electron chi connectivity index (χ3n) is 2.09. The van der Waals surface area contributed by atoms with Crippen molar-refractivity contribution < 1.29 is 8.68 Å². The highest BCUT2D eigenvalue weighted by Gasteiger charge is 2.11. The molecule has 0 saturated carbocycles. The zero-order valence-corrected chi connectivity index (χ0v) is 11.3. The number of rotatable bonds is 5. The van der Waals surface area contributed by atoms with E-state index in [-0.39, 0.29) is 18.1 Å². The molecule has 1 aromatic carbocycles. The predicted molar refractivity (Wildman–Crippen MR) is 68.3 cm³/mol. The molecule has 88 valence electrons. The van der Waals surface area contributed by atoms with Gasteiger partial charge >= 0.3 is 0 Å². The molecule has 0 aliphatic carbocycles. The van der Waals surface area contributed by atoms with Crippen LogP contribution in [-0.4, -0.2) is 12.5 Å². The van der Waals surface area contributed by atoms with Gasteiger partial charge in [-0.2, -0.15) is 3.89 Å². The van der Waals surface area contributed by atoms with Crippen molar-refractivity contribution in [2.75, 3.05) is 6.54 Å². The van der Waals surface area contributed by atoms with Gasteiger partial charge in [0, 0.05) is 11.0 Å². The van der Waals surface area contributed by atoms with Crippen LogP contribution in [0.1, 0.15) is 30.1 Å². The second-order valence-corrected chi connectivity index (χ2v) is 4.84. The number of nitrogens with one attached hydrogen (secondary N) is 1. The van der Waals surface area contributed by atoms with Crippen molar-refractivity contribution in [3.63, 3.8) is 0 Å². The van der Waals surface area contributed by atoms with Crippen LogP contribution in [0.2, 0.25) is 0 Å². The molecule has 1 aromatic rings. The van der Waals surface area contributed by atoms with Gasteiger partial charge in [0.2, 0.25) is 0 Å². The van der Waals surface area contributed by atoms with Crippen LogP contribution in [0.15, 0.2) is 27.6 Å². The van der Waals surface area contributed by atoms with Crippen molar-refractivity contribution in [3.8, 4) is 0 Å². The molecule has 0 aliphatic rings. The number of halogens is 2. The van der Waals surface area contributed by atoms with Crippen LogP contribution in [0, 0.1) is 0 Å². The van der Waals surface area contributed by atoms with Crippen LogP contribution in [0.5, 0.6) is 0 Å². The van der Waals surface area contributed by atoms with Crippen molar-refractivity contribution in [1.29, 1.82) is 0 Å². The van der Waals surface area contributed by atoms with E-state index in [2.05, 4.69) is 28.2 Å². The van der Waals surface area contributed by atoms with Gasteiger partial charge in [0.05, 0.1) is 22.6 Å². The Hall–Kier alpha value is -0.550. The van der Waals surface area contributed by atoms with Crippen LogP contribution in [0.25, 0.3) is 0 Å². The van der Waals surface area contributed by atoms with E-state index in [1.807, 2.05) is 0 Å². The van der Waals surface area contributed by atoms with Gasteiger partial charge in [-0.05, 0) is 24.6 Å². The maximum absolute atomic E-state index is 12.6. The Labute approximate surface area is 107 Å². The Kier molecular flexibility index (Phi) is 5.84. The molecule has 0 saturated heterocycles. The monoisotopic (exact) mass is 305 g/mol. The molecule has 0 unspecified atom stereocenters. The number of hydrogen-bond acceptors (Lipinski definition) is 2. The fourth-order valence-corrected chi connectivity index (χ4v) is 2.15. The number of unbranched alkanes of at least 4 members (excludes halogenated alkanes) is 1. The second kappa shape index (κ2) is 6.91. The van der Waals surface area contributed by atoms with Crippen LogP contribution in [0.4, 0.5) is 3.89 Å². The second-order valence-electron chi connectivity index (χ2n) is 3.33. The number of amides is 1. The van der Waals surface area contributed by atoms with E-state index in [4.69, 9.17) is 0 Å². The molecular formula is C11H13BrFNOS. The first-order valence-electron chi connectivity index (χ1n) is 5.05. The molecule has 0 aliphatic heterocycles. The molecule has 16 heavy (non-hydrogen) atoms. The Morgan fingerprint density at radius 1 is 1.56 bits per heavy atom. The quantitative estimate of drug-likeness (QED) is 0.834. The lowest BCUT2D eigenvalue weighted by molar-refractivity contribution is 0.0950. The number of carbonyl (C=O) groups is 1. The SMILES string of the molecule is CCCCNC(=O)c1ccc(Br)cc1SF. The first-order valence-corrected chi connectivity index (χ1v) is 6.56. The van der Waals surface area contributed by atoms with Crippen molar-refractivity contribution in [2.24, 2.45) is 0 Å². The number of hydrogen-bond donors (Lipinski definition) is 1. The summed E-state index contributed by atoms with van der Waals surface area (Å²) in [5, 5.41) is 2.76. The standard InChI is InChI=1S/C11H13BrFNOS/c1-2-3-6-14-11(15)9-5-4-8(12)7-10(9)16-13/h4-5,7H,2-3,6H2,1H3,(H,14,15). The molecule has 0 fully saturated rings. The molecule has 0 spiro atoms. The molecule has 5 heteroatoms. The van der Waals surface area contributed by atoms with Crippen molar-refractivity contribution >= 4 is 34.0 Å². The zero-order chi connectivity index (χ0) is 12.0. The fraction of sp³-hybridized carbons (Fsp3) is 0.364. The summed E-state index contributed by atoms with van der Waals surface area (Å²) in [5.74, 6) is -0.221. The highest BCUT2D eigenvalue weighted by Crippen LogP contribution is 2.27. The van der Waals surface area contributed by atoms with Gasteiger partial charge in [0.15, 0.2) is 0 Å². The van der Waals surface area contributed by atoms with Crippen LogP contribution < -0.4 is 5.32 Å². The molecule has 0 aromatic heterocycles. The zero-order valence-electron chi connectivity index (χ0n) is 8.93. The lowest BCUT2D eigenvalue weighted by Gasteiger charge is -2.07. The Balaban J connectivity index is 2.74. The predicted octanol–water partition coefficient (Wildman–Crippen LogP) is 3.96. The topological polar surface area (TPSA) is 29.1 Å². The van der Waals surface area contributed by atoms with Crippen molar-refractivity contribution in [1.82, 2.24) is 5.32 Å². The van der Waals surface area contributed by atoms with E-state index in [1.165, 1.54) is 0 Å². The van der Waals surface area contributed by atoms with Gasteiger partial charge in [0.1, 0.15) is 0 Å². The van der Waals surface area contributed by atoms with E-state index in [9.17, 15) is 8.68 Å². The first kappa shape index (κ1) is 13.5. The summed E-state index contributed by atoms with van der Waals surface area (Å²) in [7, 11) is 0. The van der Waals surface area contributed by atoms with E-state index in [0.717, 1.165) is 17.3 Å². The summed E-state index contributed by atoms with van der Waals surface area (Å²) in [4.78, 5) is 12.0. The van der Waals surface area contributed by atoms with Crippen LogP contribution >= 0.6 is 28.1 Å². The van der Waals surface area contributed by atoms with Crippen LogP contribution in [0.3, 0.4) is 0 Å². The highest BCUT2D eigenvalue weighted by molar-refractivity contribution is 9.10. The van der Waals surface area contributed by atoms with Crippen molar-refractivity contribution in [3.05, 3.63) is 28.2 Å². The molecule has 0 atom stereocenters. The number of benzene rings is 1. The minimum atomic E-state index is -0.221. The van der Waals surface area contributed by atoms with Gasteiger partial charge in [-0.3, -0.25) is 4.79 Å². The van der Waals surface area contributed by atoms with Gasteiger partial charge in [0.25, 0.3) is 5.91 Å². The van der Waals surface area contributed by atoms with E-state index >= 15 is 0 Å². The third-order valence-corrected chi connectivity index (χ3v) is 3.08. The summed E-state index contributed by atoms with van der Waals surface area (Å²) in [5.41, 5.74) is 0.381. The molecule has 1 amide bonds. The summed E-state index contributed by atoms with van der Waals surface area (Å²) in [6.45, 7) is 2.68. The van der Waals surface area contributed by atoms with Gasteiger partial charge in [-0.1, -0.05) is 29.3 Å². The maximum atomic E-state index is 12.6. The lowest BCUT2D eigenvalue weighted by atomic mass is 10.2. The smallest absolute Gasteiger partial charge is 0.252 e. The Morgan fingerprint density at radius 2 is 2.31 bits per heavy atom.